The van der Waals surface area contributed by atoms with E-state index in [1.54, 1.807) is 0 Å². The highest BCUT2D eigenvalue weighted by atomic mass is 32.1. The third kappa shape index (κ3) is 10.3. The minimum absolute atomic E-state index is 0.000889. The number of aliphatic carboxylic acids is 1. The van der Waals surface area contributed by atoms with Crippen LogP contribution in [-0.2, 0) is 28.8 Å². The molecule has 0 radical (unpaired) electrons. The lowest BCUT2D eigenvalue weighted by molar-refractivity contribution is -0.143. The van der Waals surface area contributed by atoms with Gasteiger partial charge in [0.05, 0.1) is 19.0 Å². The first kappa shape index (κ1) is 25.1. The van der Waals surface area contributed by atoms with Gasteiger partial charge in [-0.1, -0.05) is 0 Å². The average Bonchev–Trinajstić information content (AvgIpc) is 2.60. The van der Waals surface area contributed by atoms with E-state index >= 15 is 0 Å². The molecule has 0 rings (SSSR count). The highest BCUT2D eigenvalue weighted by molar-refractivity contribution is 7.80. The molecule has 28 heavy (non-hydrogen) atoms. The van der Waals surface area contributed by atoms with E-state index in [-0.39, 0.29) is 18.6 Å². The maximum atomic E-state index is 12.1. The van der Waals surface area contributed by atoms with Gasteiger partial charge in [-0.3, -0.25) is 24.0 Å². The van der Waals surface area contributed by atoms with Gasteiger partial charge >= 0.3 is 5.97 Å². The number of hydrogen-bond acceptors (Lipinski definition) is 8. The van der Waals surface area contributed by atoms with Gasteiger partial charge in [0.1, 0.15) is 12.1 Å². The molecule has 3 atom stereocenters. The van der Waals surface area contributed by atoms with E-state index in [0.29, 0.717) is 0 Å². The third-order valence-corrected chi connectivity index (χ3v) is 3.68. The summed E-state index contributed by atoms with van der Waals surface area (Å²) >= 11 is 3.90. The third-order valence-electron chi connectivity index (χ3n) is 3.32. The number of amides is 5. The van der Waals surface area contributed by atoms with Crippen LogP contribution >= 0.6 is 12.6 Å². The number of thiol groups is 1. The van der Waals surface area contributed by atoms with Crippen molar-refractivity contribution in [3.05, 3.63) is 0 Å². The van der Waals surface area contributed by atoms with Crippen molar-refractivity contribution in [2.45, 2.75) is 37.4 Å². The summed E-state index contributed by atoms with van der Waals surface area (Å²) in [6.07, 6.45) is -0.729. The minimum atomic E-state index is -1.56. The number of hydrogen-bond donors (Lipinski definition) is 8. The average molecular weight is 420 g/mol. The van der Waals surface area contributed by atoms with Crippen LogP contribution in [-0.4, -0.2) is 71.0 Å². The summed E-state index contributed by atoms with van der Waals surface area (Å²) in [6, 6.07) is -3.84. The van der Waals surface area contributed by atoms with Crippen LogP contribution in [0.3, 0.4) is 0 Å². The fraction of sp³-hybridized carbons (Fsp3) is 0.571. The van der Waals surface area contributed by atoms with E-state index in [1.807, 2.05) is 0 Å². The van der Waals surface area contributed by atoms with Crippen LogP contribution in [0.25, 0.3) is 0 Å². The lowest BCUT2D eigenvalue weighted by Gasteiger charge is -2.20. The van der Waals surface area contributed by atoms with Gasteiger partial charge in [-0.2, -0.15) is 12.6 Å². The number of carbonyl (C=O) groups excluding carboxylic acids is 5. The van der Waals surface area contributed by atoms with Crippen molar-refractivity contribution in [1.82, 2.24) is 16.0 Å². The van der Waals surface area contributed by atoms with E-state index in [9.17, 15) is 28.8 Å². The predicted octanol–water partition coefficient (Wildman–Crippen LogP) is -4.45. The SMILES string of the molecule is NC(=O)CCC(N)C(=O)NCC(=O)NC(CS)C(=O)NC(CC(N)=O)C(=O)O. The first-order chi connectivity index (χ1) is 13.0. The van der Waals surface area contributed by atoms with Crippen molar-refractivity contribution >= 4 is 48.1 Å². The summed E-state index contributed by atoms with van der Waals surface area (Å²) in [7, 11) is 0. The smallest absolute Gasteiger partial charge is 0.326 e. The van der Waals surface area contributed by atoms with Crippen LogP contribution in [0.5, 0.6) is 0 Å². The van der Waals surface area contributed by atoms with Gasteiger partial charge in [0, 0.05) is 12.2 Å². The van der Waals surface area contributed by atoms with E-state index in [4.69, 9.17) is 22.3 Å². The number of nitrogens with two attached hydrogens (primary N) is 3. The highest BCUT2D eigenvalue weighted by Gasteiger charge is 2.27. The van der Waals surface area contributed by atoms with Crippen LogP contribution in [0.15, 0.2) is 0 Å². The largest absolute Gasteiger partial charge is 0.480 e. The van der Waals surface area contributed by atoms with Crippen LogP contribution < -0.4 is 33.2 Å². The first-order valence-corrected chi connectivity index (χ1v) is 8.64. The van der Waals surface area contributed by atoms with Crippen molar-refractivity contribution < 1.29 is 33.9 Å². The summed E-state index contributed by atoms with van der Waals surface area (Å²) in [4.78, 5) is 68.1. The van der Waals surface area contributed by atoms with Crippen LogP contribution in [0, 0.1) is 0 Å². The summed E-state index contributed by atoms with van der Waals surface area (Å²) in [6.45, 7) is -0.524. The molecule has 0 spiro atoms. The van der Waals surface area contributed by atoms with Gasteiger partial charge < -0.3 is 38.3 Å². The van der Waals surface area contributed by atoms with Gasteiger partial charge in [-0.15, -0.1) is 0 Å². The molecule has 0 aromatic heterocycles. The Kier molecular flexibility index (Phi) is 11.2. The molecule has 158 valence electrons. The van der Waals surface area contributed by atoms with Crippen molar-refractivity contribution in [3.8, 4) is 0 Å². The highest BCUT2D eigenvalue weighted by Crippen LogP contribution is 1.96. The molecule has 0 bridgehead atoms. The minimum Gasteiger partial charge on any atom is -0.480 e. The summed E-state index contributed by atoms with van der Waals surface area (Å²) in [5.74, 6) is -5.60. The second kappa shape index (κ2) is 12.5. The lowest BCUT2D eigenvalue weighted by Crippen LogP contribution is -2.55. The van der Waals surface area contributed by atoms with E-state index in [0.717, 1.165) is 0 Å². The zero-order valence-electron chi connectivity index (χ0n) is 14.8. The summed E-state index contributed by atoms with van der Waals surface area (Å²) in [5, 5.41) is 15.5. The van der Waals surface area contributed by atoms with Gasteiger partial charge in [0.25, 0.3) is 0 Å². The first-order valence-electron chi connectivity index (χ1n) is 8.01. The Morgan fingerprint density at radius 2 is 1.54 bits per heavy atom. The quantitative estimate of drug-likeness (QED) is 0.135. The molecule has 14 heteroatoms. The summed E-state index contributed by atoms with van der Waals surface area (Å²) < 4.78 is 0. The molecule has 10 N–H and O–H groups in total. The topological polar surface area (TPSA) is 237 Å². The molecule has 0 saturated heterocycles. The van der Waals surface area contributed by atoms with E-state index in [1.165, 1.54) is 0 Å². The van der Waals surface area contributed by atoms with Gasteiger partial charge in [0.2, 0.25) is 29.5 Å². The number of rotatable bonds is 13. The Balaban J connectivity index is 4.59. The molecule has 0 aromatic rings. The van der Waals surface area contributed by atoms with Crippen LogP contribution in [0.1, 0.15) is 19.3 Å². The monoisotopic (exact) mass is 420 g/mol. The molecule has 3 unspecified atom stereocenters. The van der Waals surface area contributed by atoms with Crippen LogP contribution in [0.4, 0.5) is 0 Å². The second-order valence-electron chi connectivity index (χ2n) is 5.70. The standard InChI is InChI=1S/C14H24N6O7S/c15-6(1-2-9(16)21)12(24)18-4-11(23)19-8(5-28)13(25)20-7(14(26)27)3-10(17)22/h6-8,28H,1-5,15H2,(H2,16,21)(H2,17,22)(H,18,24)(H,19,23)(H,20,25)(H,26,27). The Labute approximate surface area is 165 Å². The van der Waals surface area contributed by atoms with Crippen molar-refractivity contribution in [2.75, 3.05) is 12.3 Å². The maximum absolute atomic E-state index is 12.1. The Bertz CT molecular complexity index is 629. The molecule has 0 aliphatic carbocycles. The van der Waals surface area contributed by atoms with Crippen LogP contribution in [0.2, 0.25) is 0 Å². The maximum Gasteiger partial charge on any atom is 0.326 e. The van der Waals surface area contributed by atoms with Gasteiger partial charge in [0.15, 0.2) is 0 Å². The fourth-order valence-electron chi connectivity index (χ4n) is 1.84. The molecule has 0 aliphatic heterocycles. The zero-order chi connectivity index (χ0) is 21.9. The molecule has 0 heterocycles. The molecule has 0 fully saturated rings. The number of primary amides is 2. The van der Waals surface area contributed by atoms with Gasteiger partial charge in [-0.25, -0.2) is 4.79 Å². The molecular weight excluding hydrogens is 396 g/mol. The molecular formula is C14H24N6O7S. The number of carboxylic acid groups (broad SMARTS) is 1. The normalized spacial score (nSPS) is 13.5. The number of nitrogens with one attached hydrogen (secondary N) is 3. The molecule has 0 aliphatic rings. The number of carboxylic acids is 1. The fourth-order valence-corrected chi connectivity index (χ4v) is 2.10. The second-order valence-corrected chi connectivity index (χ2v) is 6.07. The zero-order valence-corrected chi connectivity index (χ0v) is 15.7. The molecule has 0 aromatic carbocycles. The van der Waals surface area contributed by atoms with E-state index in [2.05, 4.69) is 28.6 Å². The Hall–Kier alpha value is -2.87. The van der Waals surface area contributed by atoms with Crippen molar-refractivity contribution in [3.63, 3.8) is 0 Å². The molecule has 13 nitrogen and oxygen atoms in total. The Morgan fingerprint density at radius 1 is 0.929 bits per heavy atom. The van der Waals surface area contributed by atoms with Crippen molar-refractivity contribution in [1.29, 1.82) is 0 Å². The lowest BCUT2D eigenvalue weighted by atomic mass is 10.1. The Morgan fingerprint density at radius 3 is 2.00 bits per heavy atom. The predicted molar refractivity (Wildman–Crippen MR) is 98.6 cm³/mol. The molecule has 5 amide bonds. The van der Waals surface area contributed by atoms with Gasteiger partial charge in [-0.05, 0) is 6.42 Å². The number of carbonyl (C=O) groups is 6. The summed E-state index contributed by atoms with van der Waals surface area (Å²) in [5.41, 5.74) is 15.4. The molecule has 0 saturated carbocycles. The van der Waals surface area contributed by atoms with E-state index < -0.39 is 66.6 Å². The van der Waals surface area contributed by atoms with Crippen molar-refractivity contribution in [2.24, 2.45) is 17.2 Å².